The number of halogens is 3. The minimum atomic E-state index is -4.08. The van der Waals surface area contributed by atoms with Gasteiger partial charge in [0.25, 0.3) is 5.91 Å². The lowest BCUT2D eigenvalue weighted by atomic mass is 9.91. The van der Waals surface area contributed by atoms with Crippen molar-refractivity contribution in [2.24, 2.45) is 0 Å². The molecule has 1 saturated heterocycles. The summed E-state index contributed by atoms with van der Waals surface area (Å²) in [5.74, 6) is -8.81. The molecular formula is C36H41F3N6O4Si. The van der Waals surface area contributed by atoms with Crippen LogP contribution in [0.1, 0.15) is 42.9 Å². The van der Waals surface area contributed by atoms with Gasteiger partial charge in [-0.3, -0.25) is 19.2 Å². The molecule has 1 unspecified atom stereocenters. The molecule has 1 heterocycles. The van der Waals surface area contributed by atoms with Gasteiger partial charge in [0.15, 0.2) is 0 Å². The second-order valence-electron chi connectivity index (χ2n) is 12.5. The van der Waals surface area contributed by atoms with E-state index in [4.69, 9.17) is 5.26 Å². The van der Waals surface area contributed by atoms with Crippen molar-refractivity contribution in [3.05, 3.63) is 95.3 Å². The summed E-state index contributed by atoms with van der Waals surface area (Å²) in [4.78, 5) is 56.5. The van der Waals surface area contributed by atoms with E-state index in [9.17, 15) is 19.2 Å². The summed E-state index contributed by atoms with van der Waals surface area (Å²) in [6.07, 6.45) is 0.152. The molecule has 0 spiro atoms. The van der Waals surface area contributed by atoms with E-state index in [0.29, 0.717) is 36.9 Å². The number of hydrogen-bond acceptors (Lipinski definition) is 6. The SMILES string of the molecule is CCC(=O)N[C@@H](C(=O)N1CCN(C)CC1)[C@@H](C)c1ccc(NC(=O)C(NC(=O)C(F)(F)c2cccc(C#N)c2)[Si@@H](C)c2ccccc2)c(F)c1. The first-order chi connectivity index (χ1) is 23.8. The average molecular weight is 707 g/mol. The van der Waals surface area contributed by atoms with Crippen LogP contribution >= 0.6 is 0 Å². The lowest BCUT2D eigenvalue weighted by Crippen LogP contribution is -2.59. The molecule has 4 rings (SSSR count). The van der Waals surface area contributed by atoms with Crippen molar-refractivity contribution in [2.75, 3.05) is 38.5 Å². The van der Waals surface area contributed by atoms with Gasteiger partial charge in [0.2, 0.25) is 17.7 Å². The van der Waals surface area contributed by atoms with E-state index in [0.717, 1.165) is 18.2 Å². The van der Waals surface area contributed by atoms with E-state index in [2.05, 4.69) is 20.9 Å². The number of nitriles is 1. The van der Waals surface area contributed by atoms with Gasteiger partial charge in [0, 0.05) is 44.1 Å². The third kappa shape index (κ3) is 8.96. The molecule has 3 aromatic carbocycles. The van der Waals surface area contributed by atoms with Gasteiger partial charge < -0.3 is 25.8 Å². The van der Waals surface area contributed by atoms with Crippen LogP contribution in [0, 0.1) is 17.1 Å². The largest absolute Gasteiger partial charge is 0.349 e. The minimum absolute atomic E-state index is 0.0627. The van der Waals surface area contributed by atoms with Gasteiger partial charge in [-0.25, -0.2) is 4.39 Å². The van der Waals surface area contributed by atoms with Crippen LogP contribution in [-0.4, -0.2) is 87.2 Å². The Morgan fingerprint density at radius 2 is 1.64 bits per heavy atom. The molecule has 14 heteroatoms. The molecule has 0 saturated carbocycles. The van der Waals surface area contributed by atoms with Gasteiger partial charge in [0.1, 0.15) is 20.7 Å². The summed E-state index contributed by atoms with van der Waals surface area (Å²) in [6, 6.07) is 17.9. The van der Waals surface area contributed by atoms with Crippen LogP contribution in [0.15, 0.2) is 72.8 Å². The summed E-state index contributed by atoms with van der Waals surface area (Å²) < 4.78 is 46.4. The lowest BCUT2D eigenvalue weighted by Gasteiger charge is -2.36. The molecular weight excluding hydrogens is 666 g/mol. The second kappa shape index (κ2) is 16.6. The van der Waals surface area contributed by atoms with Crippen LogP contribution in [0.5, 0.6) is 0 Å². The number of benzene rings is 3. The van der Waals surface area contributed by atoms with E-state index in [-0.39, 0.29) is 29.5 Å². The summed E-state index contributed by atoms with van der Waals surface area (Å²) in [6.45, 7) is 7.40. The van der Waals surface area contributed by atoms with Crippen molar-refractivity contribution in [1.29, 1.82) is 5.26 Å². The highest BCUT2D eigenvalue weighted by molar-refractivity contribution is 6.77. The van der Waals surface area contributed by atoms with Crippen molar-refractivity contribution in [3.8, 4) is 6.07 Å². The molecule has 10 nitrogen and oxygen atoms in total. The van der Waals surface area contributed by atoms with Gasteiger partial charge in [-0.05, 0) is 36.9 Å². The summed E-state index contributed by atoms with van der Waals surface area (Å²) in [5.41, 5.74) is -2.07. The first-order valence-electron chi connectivity index (χ1n) is 16.4. The Morgan fingerprint density at radius 3 is 2.26 bits per heavy atom. The van der Waals surface area contributed by atoms with Crippen molar-refractivity contribution in [2.45, 2.75) is 50.4 Å². The molecule has 1 fully saturated rings. The van der Waals surface area contributed by atoms with E-state index < -0.39 is 55.5 Å². The van der Waals surface area contributed by atoms with E-state index in [1.54, 1.807) is 61.7 Å². The molecule has 0 bridgehead atoms. The topological polar surface area (TPSA) is 135 Å². The summed E-state index contributed by atoms with van der Waals surface area (Å²) >= 11 is 0. The maximum atomic E-state index is 15.7. The minimum Gasteiger partial charge on any atom is -0.344 e. The van der Waals surface area contributed by atoms with Crippen molar-refractivity contribution >= 4 is 43.3 Å². The molecule has 264 valence electrons. The van der Waals surface area contributed by atoms with Crippen LogP contribution in [0.3, 0.4) is 0 Å². The number of amides is 4. The normalized spacial score (nSPS) is 15.9. The third-order valence-corrected chi connectivity index (χ3v) is 11.9. The van der Waals surface area contributed by atoms with E-state index in [1.807, 2.05) is 7.05 Å². The molecule has 1 aliphatic heterocycles. The fraction of sp³-hybridized carbons (Fsp3) is 0.361. The first-order valence-corrected chi connectivity index (χ1v) is 18.8. The molecule has 3 N–H and O–H groups in total. The average Bonchev–Trinajstić information content (AvgIpc) is 3.13. The van der Waals surface area contributed by atoms with Crippen LogP contribution < -0.4 is 21.1 Å². The predicted molar refractivity (Wildman–Crippen MR) is 186 cm³/mol. The van der Waals surface area contributed by atoms with Crippen LogP contribution in [0.4, 0.5) is 18.9 Å². The standard InChI is InChI=1S/C36H41F3N6O4Si/c1-5-30(46)42-31(34(48)45-18-16-44(3)17-19-45)23(2)25-14-15-29(28(37)21-25)41-32(47)33(50(4)27-12-7-6-8-13-27)43-35(49)36(38,39)26-11-9-10-24(20-26)22-40/h6-15,20-21,23,31,33,50H,5,16-19H2,1-4H3,(H,41,47)(H,42,46)(H,43,49)/t23-,31+,33?,50-/m0/s1. The van der Waals surface area contributed by atoms with Gasteiger partial charge in [-0.1, -0.05) is 74.1 Å². The smallest absolute Gasteiger partial charge is 0.344 e. The van der Waals surface area contributed by atoms with Crippen molar-refractivity contribution < 1.29 is 32.3 Å². The number of piperazine rings is 1. The molecule has 50 heavy (non-hydrogen) atoms. The van der Waals surface area contributed by atoms with E-state index >= 15 is 13.2 Å². The number of carbonyl (C=O) groups is 4. The Kier molecular flexibility index (Phi) is 12.6. The maximum absolute atomic E-state index is 15.7. The molecule has 4 atom stereocenters. The Balaban J connectivity index is 1.58. The fourth-order valence-corrected chi connectivity index (χ4v) is 7.89. The Hall–Kier alpha value is -5.00. The number of nitrogens with zero attached hydrogens (tertiary/aromatic N) is 3. The maximum Gasteiger partial charge on any atom is 0.349 e. The second-order valence-corrected chi connectivity index (χ2v) is 15.4. The Labute approximate surface area is 291 Å². The zero-order chi connectivity index (χ0) is 36.6. The monoisotopic (exact) mass is 706 g/mol. The number of likely N-dealkylation sites (N-methyl/N-ethyl adjacent to an activating group) is 1. The highest BCUT2D eigenvalue weighted by atomic mass is 28.3. The van der Waals surface area contributed by atoms with Crippen LogP contribution in [-0.2, 0) is 25.1 Å². The van der Waals surface area contributed by atoms with Gasteiger partial charge in [-0.2, -0.15) is 14.0 Å². The van der Waals surface area contributed by atoms with Gasteiger partial charge >= 0.3 is 5.92 Å². The highest BCUT2D eigenvalue weighted by Gasteiger charge is 2.44. The molecule has 4 amide bonds. The number of alkyl halides is 2. The Bertz CT molecular complexity index is 1750. The van der Waals surface area contributed by atoms with Gasteiger partial charge in [-0.15, -0.1) is 0 Å². The zero-order valence-electron chi connectivity index (χ0n) is 28.4. The highest BCUT2D eigenvalue weighted by Crippen LogP contribution is 2.30. The number of rotatable bonds is 12. The molecule has 0 aliphatic carbocycles. The number of hydrogen-bond donors (Lipinski definition) is 3. The molecule has 0 radical (unpaired) electrons. The summed E-state index contributed by atoms with van der Waals surface area (Å²) in [7, 11) is -0.597. The Morgan fingerprint density at radius 1 is 0.960 bits per heavy atom. The first kappa shape index (κ1) is 37.8. The number of anilines is 1. The van der Waals surface area contributed by atoms with Gasteiger partial charge in [0.05, 0.1) is 23.0 Å². The lowest BCUT2D eigenvalue weighted by molar-refractivity contribution is -0.148. The zero-order valence-corrected chi connectivity index (χ0v) is 29.5. The third-order valence-electron chi connectivity index (χ3n) is 9.03. The molecule has 0 aromatic heterocycles. The summed E-state index contributed by atoms with van der Waals surface area (Å²) in [5, 5.41) is 17.3. The van der Waals surface area contributed by atoms with Crippen molar-refractivity contribution in [1.82, 2.24) is 20.4 Å². The van der Waals surface area contributed by atoms with Crippen molar-refractivity contribution in [3.63, 3.8) is 0 Å². The fourth-order valence-electron chi connectivity index (χ4n) is 5.73. The molecule has 1 aliphatic rings. The number of carbonyl (C=O) groups excluding carboxylic acids is 4. The predicted octanol–water partition coefficient (Wildman–Crippen LogP) is 2.99. The van der Waals surface area contributed by atoms with Crippen LogP contribution in [0.25, 0.3) is 0 Å². The van der Waals surface area contributed by atoms with E-state index in [1.165, 1.54) is 24.3 Å². The number of nitrogens with one attached hydrogen (secondary N) is 3. The quantitative estimate of drug-likeness (QED) is 0.248. The molecule has 3 aromatic rings. The van der Waals surface area contributed by atoms with Crippen LogP contribution in [0.2, 0.25) is 6.55 Å².